The summed E-state index contributed by atoms with van der Waals surface area (Å²) < 4.78 is 16.2. The number of carbonyl (C=O) groups is 9. The first-order chi connectivity index (χ1) is 60.6. The lowest BCUT2D eigenvalue weighted by Crippen LogP contribution is -2.54. The first-order valence-electron chi connectivity index (χ1n) is 39.1. The predicted octanol–water partition coefficient (Wildman–Crippen LogP) is 17.7. The Labute approximate surface area is 732 Å². The molecular formula is C93H79BrN14O17S. The van der Waals surface area contributed by atoms with Crippen LogP contribution in [0, 0.1) is 71.6 Å². The molecule has 636 valence electrons. The molecule has 4 unspecified atom stereocenters. The molecule has 1 saturated carbocycles. The molecule has 12 aromatic rings. The van der Waals surface area contributed by atoms with Crippen molar-refractivity contribution in [2.75, 3.05) is 52.7 Å². The number of imide groups is 5. The molecule has 4 atom stereocenters. The molecule has 31 nitrogen and oxygen atoms in total. The van der Waals surface area contributed by atoms with E-state index < -0.39 is 51.4 Å². The van der Waals surface area contributed by atoms with Crippen LogP contribution in [0.3, 0.4) is 0 Å². The number of aryl methyl sites for hydroxylation is 4. The van der Waals surface area contributed by atoms with Gasteiger partial charge in [0.25, 0.3) is 29.3 Å². The fourth-order valence-electron chi connectivity index (χ4n) is 14.7. The number of benzene rings is 10. The van der Waals surface area contributed by atoms with E-state index >= 15 is 0 Å². The van der Waals surface area contributed by atoms with Gasteiger partial charge in [-0.1, -0.05) is 173 Å². The summed E-state index contributed by atoms with van der Waals surface area (Å²) in [6.07, 6.45) is 11.3. The number of carbonyl (C=O) groups excluding carboxylic acids is 9. The van der Waals surface area contributed by atoms with Gasteiger partial charge in [-0.25, -0.2) is 24.0 Å². The number of azo groups is 1. The summed E-state index contributed by atoms with van der Waals surface area (Å²) in [6, 6.07) is 64.8. The molecule has 0 radical (unpaired) electrons. The highest BCUT2D eigenvalue weighted by Crippen LogP contribution is 2.53. The number of allylic oxidation sites excluding steroid dienone is 4. The zero-order valence-electron chi connectivity index (χ0n) is 68.5. The molecule has 3 saturated heterocycles. The Morgan fingerprint density at radius 3 is 1.84 bits per heavy atom. The van der Waals surface area contributed by atoms with Crippen molar-refractivity contribution in [3.05, 3.63) is 324 Å². The summed E-state index contributed by atoms with van der Waals surface area (Å²) in [5.41, 5.74) is 10.4. The topological polar surface area (TPSA) is 407 Å². The summed E-state index contributed by atoms with van der Waals surface area (Å²) in [7, 11) is 5.29. The Morgan fingerprint density at radius 2 is 1.21 bits per heavy atom. The van der Waals surface area contributed by atoms with Crippen LogP contribution < -0.4 is 45.0 Å². The molecule has 5 aliphatic rings. The maximum absolute atomic E-state index is 12.9. The first-order valence-corrected chi connectivity index (χ1v) is 40.7. The predicted molar refractivity (Wildman–Crippen MR) is 478 cm³/mol. The van der Waals surface area contributed by atoms with Gasteiger partial charge < -0.3 is 29.8 Å². The molecule has 17 rings (SSSR count). The summed E-state index contributed by atoms with van der Waals surface area (Å²) in [5.74, 6) is -2.56. The van der Waals surface area contributed by atoms with Gasteiger partial charge >= 0.3 is 23.7 Å². The summed E-state index contributed by atoms with van der Waals surface area (Å²) in [6.45, 7) is 7.96. The third-order valence-electron chi connectivity index (χ3n) is 20.6. The number of nitrogens with one attached hydrogen (secondary N) is 4. The average Bonchev–Trinajstić information content (AvgIpc) is 1.56. The number of urea groups is 2. The average molecular weight is 1780 g/mol. The van der Waals surface area contributed by atoms with Crippen molar-refractivity contribution in [1.29, 1.82) is 0 Å². The van der Waals surface area contributed by atoms with Crippen LogP contribution in [-0.2, 0) is 40.1 Å². The second-order valence-electron chi connectivity index (χ2n) is 29.3. The molecule has 3 aliphatic heterocycles. The van der Waals surface area contributed by atoms with Crippen LogP contribution in [0.5, 0.6) is 17.4 Å². The van der Waals surface area contributed by atoms with E-state index in [-0.39, 0.29) is 87.4 Å². The van der Waals surface area contributed by atoms with Crippen LogP contribution in [0.2, 0.25) is 0 Å². The number of hydrogen-bond acceptors (Lipinski definition) is 23. The fourth-order valence-corrected chi connectivity index (χ4v) is 15.8. The Bertz CT molecular complexity index is 6350. The number of methoxy groups -OCH3 is 1. The van der Waals surface area contributed by atoms with Gasteiger partial charge in [0.2, 0.25) is 23.2 Å². The number of fused-ring (bicyclic) bond motifs is 7. The van der Waals surface area contributed by atoms with Crippen LogP contribution in [0.25, 0.3) is 34.1 Å². The molecule has 126 heavy (non-hydrogen) atoms. The smallest absolute Gasteiger partial charge is 0.336 e. The van der Waals surface area contributed by atoms with E-state index in [2.05, 4.69) is 74.2 Å². The van der Waals surface area contributed by atoms with Crippen molar-refractivity contribution in [2.45, 2.75) is 50.5 Å². The molecule has 2 aromatic heterocycles. The second-order valence-corrected chi connectivity index (χ2v) is 31.4. The normalized spacial score (nSPS) is 16.8. The third kappa shape index (κ3) is 20.2. The molecule has 11 amide bonds. The number of H-pyrrole nitrogens is 1. The van der Waals surface area contributed by atoms with Crippen molar-refractivity contribution in [2.24, 2.45) is 33.9 Å². The Morgan fingerprint density at radius 1 is 0.651 bits per heavy atom. The van der Waals surface area contributed by atoms with E-state index in [0.29, 0.717) is 51.6 Å². The standard InChI is InChI=1S/C21H16N2O4S.C20H16N2O4.C19H16BrN3O3.C19H19N3O3.C14H12N4O3/c24-20-18-12-1-2-13(11-12)19(18)21(25)22(20)14-3-7-16(8-4-14)28-17-9-5-15(6-10-17)23(26)27;1-26-17-13-6-5-12-16(17)22-19(24)15(18(23)21-20(22)25)11-7-10-14-8-3-2-4-9-14;1-22(2)14-7-3-12(4-8-14)11-16-17(24)21-19(26)23(18(16)25)15-9-5-13(20)6-10-15;1-11-8-12(2)18(13(3)9-11)25-10-16(23)21-22-17-14-6-4-5-7-15(14)20-19(17)24;1-9-7-11(15-8-10-5-3-2-4-6-10)14(18(19)20)13-12(9)16-21-17-13/h1-10,12-13,18-19H,11H2;2-13H,1H3,(H,21,23,25);3-11H,1-2H3,(H,21,24,26);4-9,20,24H,10H2,1-3H3;2-7,15H,8H2,1H3/b;10-7+,15-11+;16-11+;;. The summed E-state index contributed by atoms with van der Waals surface area (Å²) in [5, 5.41) is 55.0. The minimum absolute atomic E-state index is 0.0553. The SMILES string of the molecule is CN(C)c1ccc(/C=C2\C(=O)NC(=O)N(c3ccc(Br)cc3)C2=O)cc1.COc1ccccc1N1C(=O)NC(=O)/C(=C\C=C\c2ccccc2)C1=O.Cc1cc(C)c(OCC(=O)N=Nc2c(O)[nH]c3ccccc23)c(C)c1.Cc1cc(NCc2ccccc2)c([N+](=O)[O-])c2nonc12.O=C1C2C3C=CC(C3)C2C(=O)N1c1ccc(Sc2ccc([N+](=O)[O-])cc2)cc1. The van der Waals surface area contributed by atoms with Crippen LogP contribution >= 0.6 is 27.7 Å². The van der Waals surface area contributed by atoms with Gasteiger partial charge in [-0.3, -0.25) is 69.3 Å². The van der Waals surface area contributed by atoms with E-state index in [0.717, 1.165) is 75.1 Å². The molecule has 2 bridgehead atoms. The Kier molecular flexibility index (Phi) is 27.6. The van der Waals surface area contributed by atoms with Gasteiger partial charge in [-0.05, 0) is 199 Å². The van der Waals surface area contributed by atoms with E-state index in [1.54, 1.807) is 97.1 Å². The Balaban J connectivity index is 0.000000135. The van der Waals surface area contributed by atoms with E-state index in [1.807, 2.05) is 174 Å². The molecule has 33 heteroatoms. The highest BCUT2D eigenvalue weighted by atomic mass is 79.9. The van der Waals surface area contributed by atoms with Crippen LogP contribution in [0.15, 0.2) is 289 Å². The molecule has 2 aliphatic carbocycles. The minimum atomic E-state index is -0.811. The van der Waals surface area contributed by atoms with Crippen molar-refractivity contribution >= 4 is 161 Å². The number of hydrogen-bond donors (Lipinski definition) is 5. The monoisotopic (exact) mass is 1770 g/mol. The summed E-state index contributed by atoms with van der Waals surface area (Å²) in [4.78, 5) is 143. The number of para-hydroxylation sites is 3. The quantitative estimate of drug-likeness (QED) is 0.00954. The number of halogens is 1. The molecule has 4 fully saturated rings. The summed E-state index contributed by atoms with van der Waals surface area (Å²) >= 11 is 4.78. The molecule has 5 heterocycles. The van der Waals surface area contributed by atoms with Gasteiger partial charge in [0, 0.05) is 58.1 Å². The highest BCUT2D eigenvalue weighted by Gasteiger charge is 2.59. The number of aromatic amines is 1. The minimum Gasteiger partial charge on any atom is -0.495 e. The number of barbiturate groups is 2. The van der Waals surface area contributed by atoms with Gasteiger partial charge in [-0.2, -0.15) is 0 Å². The van der Waals surface area contributed by atoms with Gasteiger partial charge in [0.15, 0.2) is 12.3 Å². The lowest BCUT2D eigenvalue weighted by atomic mass is 9.85. The Hall–Kier alpha value is -15.6. The largest absolute Gasteiger partial charge is 0.495 e. The number of nitrogens with zero attached hydrogens (tertiary/aromatic N) is 10. The van der Waals surface area contributed by atoms with E-state index in [1.165, 1.54) is 48.1 Å². The number of amides is 11. The first kappa shape index (κ1) is 88.2. The van der Waals surface area contributed by atoms with E-state index in [9.17, 15) is 68.5 Å². The highest BCUT2D eigenvalue weighted by molar-refractivity contribution is 9.10. The van der Waals surface area contributed by atoms with Crippen LogP contribution in [-0.4, -0.2) is 111 Å². The zero-order valence-corrected chi connectivity index (χ0v) is 70.9. The van der Waals surface area contributed by atoms with E-state index in [4.69, 9.17) is 9.47 Å². The number of nitro benzene ring substituents is 2. The van der Waals surface area contributed by atoms with Crippen molar-refractivity contribution in [3.8, 4) is 17.4 Å². The number of ether oxygens (including phenoxy) is 2. The number of rotatable bonds is 19. The number of aromatic hydroxyl groups is 1. The van der Waals surface area contributed by atoms with Crippen molar-refractivity contribution < 1.29 is 72.2 Å². The number of non-ortho nitro benzene ring substituents is 1. The zero-order chi connectivity index (χ0) is 89.6. The molecular weight excluding hydrogens is 1700 g/mol. The lowest BCUT2D eigenvalue weighted by molar-refractivity contribution is -0.384. The molecule has 0 spiro atoms. The van der Waals surface area contributed by atoms with Gasteiger partial charge in [-0.15, -0.1) is 10.2 Å². The number of aromatic nitrogens is 3. The maximum atomic E-state index is 12.9. The van der Waals surface area contributed by atoms with Crippen LogP contribution in [0.1, 0.15) is 45.4 Å². The van der Waals surface area contributed by atoms with Crippen LogP contribution in [0.4, 0.5) is 55.1 Å². The molecule has 5 N–H and O–H groups in total. The second kappa shape index (κ2) is 39.5. The third-order valence-corrected chi connectivity index (χ3v) is 22.2. The number of nitro groups is 2. The van der Waals surface area contributed by atoms with Crippen molar-refractivity contribution in [3.63, 3.8) is 0 Å². The van der Waals surface area contributed by atoms with Gasteiger partial charge in [0.05, 0.1) is 51.4 Å². The maximum Gasteiger partial charge on any atom is 0.336 e. The van der Waals surface area contributed by atoms with Crippen molar-refractivity contribution in [1.82, 2.24) is 25.9 Å². The lowest BCUT2D eigenvalue weighted by Gasteiger charge is -2.27. The fraction of sp³-hybridized carbons (Fsp3) is 0.151. The number of anilines is 5. The van der Waals surface area contributed by atoms with Gasteiger partial charge in [0.1, 0.15) is 33.8 Å². The molecule has 10 aromatic carbocycles.